The van der Waals surface area contributed by atoms with Crippen molar-refractivity contribution in [3.63, 3.8) is 0 Å². The van der Waals surface area contributed by atoms with Crippen LogP contribution in [0.2, 0.25) is 15.2 Å². The van der Waals surface area contributed by atoms with Gasteiger partial charge in [0.15, 0.2) is 0 Å². The lowest BCUT2D eigenvalue weighted by Crippen LogP contribution is -2.19. The maximum atomic E-state index is 13.1. The zero-order valence-corrected chi connectivity index (χ0v) is 14.4. The van der Waals surface area contributed by atoms with Gasteiger partial charge >= 0.3 is 6.18 Å². The third kappa shape index (κ3) is 3.58. The number of ether oxygens (including phenoxy) is 1. The van der Waals surface area contributed by atoms with Gasteiger partial charge in [-0.1, -0.05) is 34.8 Å². The molecule has 0 amide bonds. The SMILES string of the molecule is FC(F)(F)c1c(OCC2(c3cc(Cl)cc(Cl)c3)CC2)ccnc1Cl. The van der Waals surface area contributed by atoms with Crippen LogP contribution in [-0.4, -0.2) is 11.6 Å². The standard InChI is InChI=1S/C16H11Cl3F3NO/c17-10-5-9(6-11(18)7-10)15(2-3-15)8-24-12-1-4-23-14(19)13(12)16(20,21)22/h1,4-7H,2-3,8H2. The van der Waals surface area contributed by atoms with Crippen LogP contribution >= 0.6 is 34.8 Å². The molecule has 0 bridgehead atoms. The Labute approximate surface area is 151 Å². The largest absolute Gasteiger partial charge is 0.492 e. The van der Waals surface area contributed by atoms with Crippen LogP contribution in [0.15, 0.2) is 30.5 Å². The summed E-state index contributed by atoms with van der Waals surface area (Å²) in [7, 11) is 0. The van der Waals surface area contributed by atoms with Crippen molar-refractivity contribution in [2.75, 3.05) is 6.61 Å². The third-order valence-corrected chi connectivity index (χ3v) is 4.71. The lowest BCUT2D eigenvalue weighted by molar-refractivity contribution is -0.139. The van der Waals surface area contributed by atoms with E-state index < -0.39 is 16.9 Å². The number of benzene rings is 1. The molecule has 8 heteroatoms. The number of halogens is 6. The minimum Gasteiger partial charge on any atom is -0.492 e. The molecule has 3 rings (SSSR count). The highest BCUT2D eigenvalue weighted by molar-refractivity contribution is 6.34. The zero-order chi connectivity index (χ0) is 17.5. The fraction of sp³-hybridized carbons (Fsp3) is 0.312. The molecule has 0 spiro atoms. The van der Waals surface area contributed by atoms with Gasteiger partial charge in [0.2, 0.25) is 0 Å². The first-order valence-electron chi connectivity index (χ1n) is 7.02. The molecule has 0 unspecified atom stereocenters. The van der Waals surface area contributed by atoms with Gasteiger partial charge in [-0.3, -0.25) is 0 Å². The van der Waals surface area contributed by atoms with Crippen LogP contribution in [0.3, 0.4) is 0 Å². The molecule has 1 aliphatic rings. The second-order valence-corrected chi connectivity index (χ2v) is 6.93. The predicted octanol–water partition coefficient (Wildman–Crippen LogP) is 6.17. The number of hydrogen-bond donors (Lipinski definition) is 0. The lowest BCUT2D eigenvalue weighted by Gasteiger charge is -2.20. The first-order valence-corrected chi connectivity index (χ1v) is 8.16. The highest BCUT2D eigenvalue weighted by Gasteiger charge is 2.46. The second-order valence-electron chi connectivity index (χ2n) is 5.70. The van der Waals surface area contributed by atoms with Gasteiger partial charge in [0, 0.05) is 21.7 Å². The summed E-state index contributed by atoms with van der Waals surface area (Å²) in [6.07, 6.45) is -1.90. The molecule has 0 atom stereocenters. The molecule has 1 aliphatic carbocycles. The molecule has 0 N–H and O–H groups in total. The number of rotatable bonds is 4. The Hall–Kier alpha value is -1.17. The molecule has 1 saturated carbocycles. The minimum atomic E-state index is -4.64. The topological polar surface area (TPSA) is 22.1 Å². The van der Waals surface area contributed by atoms with E-state index in [-0.39, 0.29) is 17.8 Å². The lowest BCUT2D eigenvalue weighted by atomic mass is 9.97. The van der Waals surface area contributed by atoms with Gasteiger partial charge in [-0.2, -0.15) is 13.2 Å². The summed E-state index contributed by atoms with van der Waals surface area (Å²) in [6, 6.07) is 6.28. The highest BCUT2D eigenvalue weighted by Crippen LogP contribution is 2.50. The zero-order valence-electron chi connectivity index (χ0n) is 12.1. The molecule has 0 radical (unpaired) electrons. The Morgan fingerprint density at radius 1 is 1.08 bits per heavy atom. The molecule has 1 aromatic carbocycles. The normalized spacial score (nSPS) is 16.1. The van der Waals surface area contributed by atoms with Gasteiger partial charge in [-0.25, -0.2) is 4.98 Å². The van der Waals surface area contributed by atoms with Gasteiger partial charge in [-0.15, -0.1) is 0 Å². The Morgan fingerprint density at radius 2 is 1.71 bits per heavy atom. The molecule has 24 heavy (non-hydrogen) atoms. The summed E-state index contributed by atoms with van der Waals surface area (Å²) in [5.74, 6) is -0.332. The summed E-state index contributed by atoms with van der Waals surface area (Å²) in [5, 5.41) is 0.328. The average Bonchev–Trinajstić information content (AvgIpc) is 3.24. The van der Waals surface area contributed by atoms with E-state index in [4.69, 9.17) is 39.5 Å². The van der Waals surface area contributed by atoms with Crippen molar-refractivity contribution >= 4 is 34.8 Å². The summed E-state index contributed by atoms with van der Waals surface area (Å²) in [5.41, 5.74) is -0.590. The third-order valence-electron chi connectivity index (χ3n) is 3.98. The fourth-order valence-corrected chi connectivity index (χ4v) is 3.32. The Bertz CT molecular complexity index is 755. The molecule has 1 fully saturated rings. The number of hydrogen-bond acceptors (Lipinski definition) is 2. The first kappa shape index (κ1) is 17.6. The monoisotopic (exact) mass is 395 g/mol. The number of nitrogens with zero attached hydrogens (tertiary/aromatic N) is 1. The van der Waals surface area contributed by atoms with Gasteiger partial charge in [0.25, 0.3) is 0 Å². The minimum absolute atomic E-state index is 0.0765. The van der Waals surface area contributed by atoms with Crippen LogP contribution in [0.4, 0.5) is 13.2 Å². The van der Waals surface area contributed by atoms with E-state index in [1.165, 1.54) is 6.20 Å². The van der Waals surface area contributed by atoms with Crippen molar-refractivity contribution in [1.29, 1.82) is 0 Å². The van der Waals surface area contributed by atoms with Crippen LogP contribution in [0.5, 0.6) is 5.75 Å². The van der Waals surface area contributed by atoms with Crippen molar-refractivity contribution < 1.29 is 17.9 Å². The molecule has 2 nitrogen and oxygen atoms in total. The van der Waals surface area contributed by atoms with Crippen LogP contribution in [0.25, 0.3) is 0 Å². The van der Waals surface area contributed by atoms with Gasteiger partial charge < -0.3 is 4.74 Å². The first-order chi connectivity index (χ1) is 11.2. The van der Waals surface area contributed by atoms with Gasteiger partial charge in [-0.05, 0) is 42.7 Å². The molecule has 128 valence electrons. The average molecular weight is 397 g/mol. The van der Waals surface area contributed by atoms with Crippen molar-refractivity contribution in [3.8, 4) is 5.75 Å². The van der Waals surface area contributed by atoms with Crippen molar-refractivity contribution in [3.05, 3.63) is 56.8 Å². The van der Waals surface area contributed by atoms with E-state index in [1.807, 2.05) is 0 Å². The summed E-state index contributed by atoms with van der Waals surface area (Å²) < 4.78 is 44.9. The van der Waals surface area contributed by atoms with Crippen LogP contribution in [-0.2, 0) is 11.6 Å². The second kappa shape index (κ2) is 6.28. The maximum absolute atomic E-state index is 13.1. The van der Waals surface area contributed by atoms with E-state index in [0.717, 1.165) is 24.5 Å². The quantitative estimate of drug-likeness (QED) is 0.576. The van der Waals surface area contributed by atoms with Gasteiger partial charge in [0.1, 0.15) is 16.5 Å². The Balaban J connectivity index is 1.85. The van der Waals surface area contributed by atoms with Crippen LogP contribution < -0.4 is 4.74 Å². The molecular weight excluding hydrogens is 386 g/mol. The number of alkyl halides is 3. The number of pyridine rings is 1. The van der Waals surface area contributed by atoms with Crippen molar-refractivity contribution in [1.82, 2.24) is 4.98 Å². The Morgan fingerprint density at radius 3 is 2.25 bits per heavy atom. The summed E-state index contributed by atoms with van der Waals surface area (Å²) in [4.78, 5) is 3.48. The van der Waals surface area contributed by atoms with E-state index in [2.05, 4.69) is 4.98 Å². The molecule has 0 saturated heterocycles. The molecule has 1 aromatic heterocycles. The van der Waals surface area contributed by atoms with Crippen molar-refractivity contribution in [2.45, 2.75) is 24.4 Å². The predicted molar refractivity (Wildman–Crippen MR) is 87.1 cm³/mol. The fourth-order valence-electron chi connectivity index (χ4n) is 2.54. The molecular formula is C16H11Cl3F3NO. The van der Waals surface area contributed by atoms with Gasteiger partial charge in [0.05, 0.1) is 6.61 Å². The maximum Gasteiger partial charge on any atom is 0.422 e. The Kier molecular flexibility index (Phi) is 4.62. The summed E-state index contributed by atoms with van der Waals surface area (Å²) in [6.45, 7) is 0.0765. The van der Waals surface area contributed by atoms with Crippen LogP contribution in [0.1, 0.15) is 24.0 Å². The van der Waals surface area contributed by atoms with Crippen molar-refractivity contribution in [2.24, 2.45) is 0 Å². The number of aromatic nitrogens is 1. The molecule has 2 aromatic rings. The molecule has 0 aliphatic heterocycles. The van der Waals surface area contributed by atoms with E-state index in [0.29, 0.717) is 10.0 Å². The van der Waals surface area contributed by atoms with E-state index in [1.54, 1.807) is 18.2 Å². The smallest absolute Gasteiger partial charge is 0.422 e. The van der Waals surface area contributed by atoms with E-state index in [9.17, 15) is 13.2 Å². The van der Waals surface area contributed by atoms with E-state index >= 15 is 0 Å². The highest BCUT2D eigenvalue weighted by atomic mass is 35.5. The molecule has 1 heterocycles. The van der Waals surface area contributed by atoms with Crippen LogP contribution in [0, 0.1) is 0 Å². The summed E-state index contributed by atoms with van der Waals surface area (Å²) >= 11 is 17.6.